The Bertz CT molecular complexity index is 3950. The lowest BCUT2D eigenvalue weighted by molar-refractivity contribution is 0.670. The summed E-state index contributed by atoms with van der Waals surface area (Å²) < 4.78 is 8.85. The van der Waals surface area contributed by atoms with Gasteiger partial charge in [-0.15, -0.1) is 0 Å². The summed E-state index contributed by atoms with van der Waals surface area (Å²) in [4.78, 5) is 21.1. The second kappa shape index (κ2) is 14.4. The van der Waals surface area contributed by atoms with Crippen LogP contribution in [-0.4, -0.2) is 24.5 Å². The van der Waals surface area contributed by atoms with Crippen LogP contribution in [0.2, 0.25) is 0 Å². The minimum Gasteiger partial charge on any atom is -0.455 e. The van der Waals surface area contributed by atoms with Crippen molar-refractivity contribution in [1.29, 1.82) is 0 Å². The fourth-order valence-corrected chi connectivity index (χ4v) is 9.49. The first kappa shape index (κ1) is 36.0. The number of benzene rings is 9. The zero-order chi connectivity index (χ0) is 42.1. The molecule has 0 bridgehead atoms. The van der Waals surface area contributed by atoms with Gasteiger partial charge in [0.05, 0.1) is 22.2 Å². The van der Waals surface area contributed by atoms with E-state index in [1.807, 2.05) is 30.3 Å². The van der Waals surface area contributed by atoms with E-state index in [0.29, 0.717) is 17.5 Å². The van der Waals surface area contributed by atoms with E-state index in [-0.39, 0.29) is 0 Å². The van der Waals surface area contributed by atoms with E-state index in [4.69, 9.17) is 24.4 Å². The summed E-state index contributed by atoms with van der Waals surface area (Å²) in [6.45, 7) is 0. The van der Waals surface area contributed by atoms with Crippen molar-refractivity contribution in [3.8, 4) is 62.2 Å². The van der Waals surface area contributed by atoms with E-state index >= 15 is 0 Å². The number of rotatable bonds is 6. The van der Waals surface area contributed by atoms with Gasteiger partial charge in [-0.3, -0.25) is 0 Å². The van der Waals surface area contributed by atoms with E-state index in [1.54, 1.807) is 0 Å². The molecule has 0 N–H and O–H groups in total. The Morgan fingerprint density at radius 2 is 0.938 bits per heavy atom. The molecule has 0 spiro atoms. The lowest BCUT2D eigenvalue weighted by Gasteiger charge is -2.14. The van der Waals surface area contributed by atoms with Gasteiger partial charge in [-0.2, -0.15) is 0 Å². The summed E-state index contributed by atoms with van der Waals surface area (Å²) in [5.41, 5.74) is 12.6. The van der Waals surface area contributed by atoms with E-state index < -0.39 is 0 Å². The van der Waals surface area contributed by atoms with Gasteiger partial charge in [0, 0.05) is 65.8 Å². The molecule has 0 aliphatic heterocycles. The highest BCUT2D eigenvalue weighted by Crippen LogP contribution is 2.43. The van der Waals surface area contributed by atoms with Gasteiger partial charge in [0.1, 0.15) is 11.2 Å². The Kier molecular flexibility index (Phi) is 8.11. The third-order valence-corrected chi connectivity index (χ3v) is 12.4. The highest BCUT2D eigenvalue weighted by Gasteiger charge is 2.23. The molecule has 4 heterocycles. The van der Waals surface area contributed by atoms with Crippen LogP contribution in [0.1, 0.15) is 0 Å². The third kappa shape index (κ3) is 5.73. The van der Waals surface area contributed by atoms with Crippen LogP contribution in [0.4, 0.5) is 0 Å². The Labute approximate surface area is 367 Å². The number of fused-ring (bicyclic) bond motifs is 9. The van der Waals surface area contributed by atoms with Crippen molar-refractivity contribution in [2.75, 3.05) is 0 Å². The minimum absolute atomic E-state index is 0.581. The molecule has 0 aliphatic carbocycles. The van der Waals surface area contributed by atoms with Crippen LogP contribution in [-0.2, 0) is 0 Å². The standard InChI is InChI=1S/C58H35N5O/c1-4-17-36(18-5-1)53-49-34-48-44-28-16-30-46(54(44)63(40-23-8-3-9-24-40)51(48)35-47(49)42-25-10-12-31-50(42)59-53)58-61-56(37-19-6-2-7-20-37)60-57(62-58)39-22-14-21-38(33-39)41-27-15-29-45-43-26-11-13-32-52(43)64-55(41)45/h1-35H. The topological polar surface area (TPSA) is 69.6 Å². The molecule has 0 saturated heterocycles. The Morgan fingerprint density at radius 3 is 1.75 bits per heavy atom. The molecule has 0 saturated carbocycles. The monoisotopic (exact) mass is 817 g/mol. The maximum absolute atomic E-state index is 6.48. The Balaban J connectivity index is 1.08. The molecule has 9 aromatic carbocycles. The van der Waals surface area contributed by atoms with Crippen molar-refractivity contribution in [3.05, 3.63) is 212 Å². The number of aromatic nitrogens is 5. The largest absolute Gasteiger partial charge is 0.455 e. The number of furan rings is 1. The lowest BCUT2D eigenvalue weighted by atomic mass is 9.97. The molecule has 298 valence electrons. The van der Waals surface area contributed by atoms with Crippen molar-refractivity contribution in [3.63, 3.8) is 0 Å². The average molecular weight is 818 g/mol. The fraction of sp³-hybridized carbons (Fsp3) is 0. The van der Waals surface area contributed by atoms with Crippen LogP contribution in [0.25, 0.3) is 128 Å². The lowest BCUT2D eigenvalue weighted by Crippen LogP contribution is -2.02. The molecular formula is C58H35N5O. The predicted octanol–water partition coefficient (Wildman–Crippen LogP) is 14.9. The molecule has 4 aromatic heterocycles. The SMILES string of the molecule is c1ccc(-c2nc(-c3cccc(-c4cccc5c4oc4ccccc45)c3)nc(-c3cccc4c5cc6c(-c7ccccc7)nc7ccccc7c6cc5n(-c5ccccc5)c34)n2)cc1. The van der Waals surface area contributed by atoms with Crippen LogP contribution < -0.4 is 0 Å². The van der Waals surface area contributed by atoms with Gasteiger partial charge in [-0.05, 0) is 59.5 Å². The number of pyridine rings is 1. The number of hydrogen-bond donors (Lipinski definition) is 0. The smallest absolute Gasteiger partial charge is 0.166 e. The van der Waals surface area contributed by atoms with Crippen molar-refractivity contribution < 1.29 is 4.42 Å². The molecule has 0 atom stereocenters. The van der Waals surface area contributed by atoms with E-state index in [0.717, 1.165) is 110 Å². The zero-order valence-corrected chi connectivity index (χ0v) is 34.4. The highest BCUT2D eigenvalue weighted by atomic mass is 16.3. The normalized spacial score (nSPS) is 11.8. The van der Waals surface area contributed by atoms with Gasteiger partial charge < -0.3 is 8.98 Å². The van der Waals surface area contributed by atoms with Crippen molar-refractivity contribution in [1.82, 2.24) is 24.5 Å². The third-order valence-electron chi connectivity index (χ3n) is 12.4. The number of para-hydroxylation sites is 5. The fourth-order valence-electron chi connectivity index (χ4n) is 9.49. The maximum atomic E-state index is 6.48. The molecule has 0 radical (unpaired) electrons. The van der Waals surface area contributed by atoms with E-state index in [1.165, 1.54) is 0 Å². The summed E-state index contributed by atoms with van der Waals surface area (Å²) in [5.74, 6) is 1.76. The van der Waals surface area contributed by atoms with Gasteiger partial charge in [0.15, 0.2) is 17.5 Å². The molecule has 6 nitrogen and oxygen atoms in total. The second-order valence-electron chi connectivity index (χ2n) is 16.2. The first-order valence-corrected chi connectivity index (χ1v) is 21.5. The average Bonchev–Trinajstić information content (AvgIpc) is 3.92. The molecule has 13 aromatic rings. The molecule has 0 fully saturated rings. The predicted molar refractivity (Wildman–Crippen MR) is 261 cm³/mol. The van der Waals surface area contributed by atoms with E-state index in [2.05, 4.69) is 187 Å². The molecule has 0 amide bonds. The first-order chi connectivity index (χ1) is 31.7. The molecule has 13 rings (SSSR count). The molecule has 0 unspecified atom stereocenters. The van der Waals surface area contributed by atoms with Gasteiger partial charge in [0.25, 0.3) is 0 Å². The Hall–Kier alpha value is -8.74. The maximum Gasteiger partial charge on any atom is 0.166 e. The van der Waals surface area contributed by atoms with Crippen molar-refractivity contribution in [2.24, 2.45) is 0 Å². The molecule has 6 heteroatoms. The zero-order valence-electron chi connectivity index (χ0n) is 34.4. The van der Waals surface area contributed by atoms with Crippen LogP contribution in [0.3, 0.4) is 0 Å². The van der Waals surface area contributed by atoms with E-state index in [9.17, 15) is 0 Å². The minimum atomic E-state index is 0.581. The van der Waals surface area contributed by atoms with Gasteiger partial charge in [-0.25, -0.2) is 19.9 Å². The van der Waals surface area contributed by atoms with Crippen molar-refractivity contribution >= 4 is 65.4 Å². The van der Waals surface area contributed by atoms with Crippen LogP contribution >= 0.6 is 0 Å². The van der Waals surface area contributed by atoms with Crippen LogP contribution in [0.15, 0.2) is 217 Å². The van der Waals surface area contributed by atoms with Crippen LogP contribution in [0, 0.1) is 0 Å². The second-order valence-corrected chi connectivity index (χ2v) is 16.2. The number of nitrogens with zero attached hydrogens (tertiary/aromatic N) is 5. The Morgan fingerprint density at radius 1 is 0.344 bits per heavy atom. The summed E-state index contributed by atoms with van der Waals surface area (Å²) >= 11 is 0. The van der Waals surface area contributed by atoms with Gasteiger partial charge in [0.2, 0.25) is 0 Å². The quantitative estimate of drug-likeness (QED) is 0.156. The molecule has 64 heavy (non-hydrogen) atoms. The summed E-state index contributed by atoms with van der Waals surface area (Å²) in [5, 5.41) is 7.75. The van der Waals surface area contributed by atoms with Gasteiger partial charge in [-0.1, -0.05) is 164 Å². The molecule has 0 aliphatic rings. The first-order valence-electron chi connectivity index (χ1n) is 21.5. The number of hydrogen-bond acceptors (Lipinski definition) is 5. The van der Waals surface area contributed by atoms with Gasteiger partial charge >= 0.3 is 0 Å². The summed E-state index contributed by atoms with van der Waals surface area (Å²) in [7, 11) is 0. The molecular weight excluding hydrogens is 783 g/mol. The van der Waals surface area contributed by atoms with Crippen LogP contribution in [0.5, 0.6) is 0 Å². The summed E-state index contributed by atoms with van der Waals surface area (Å²) in [6.07, 6.45) is 0. The highest BCUT2D eigenvalue weighted by molar-refractivity contribution is 6.21. The summed E-state index contributed by atoms with van der Waals surface area (Å²) in [6, 6.07) is 73.8. The van der Waals surface area contributed by atoms with Crippen molar-refractivity contribution in [2.45, 2.75) is 0 Å².